The number of imidazole rings is 1. The van der Waals surface area contributed by atoms with Crippen molar-refractivity contribution in [2.24, 2.45) is 5.73 Å². The number of nitrogens with zero attached hydrogens (tertiary/aromatic N) is 3. The Morgan fingerprint density at radius 1 is 1.53 bits per heavy atom. The summed E-state index contributed by atoms with van der Waals surface area (Å²) in [7, 11) is 0. The van der Waals surface area contributed by atoms with E-state index >= 15 is 0 Å². The lowest BCUT2D eigenvalue weighted by molar-refractivity contribution is 0.250. The molecule has 0 amide bonds. The van der Waals surface area contributed by atoms with E-state index in [9.17, 15) is 0 Å². The summed E-state index contributed by atoms with van der Waals surface area (Å²) in [5.41, 5.74) is 6.68. The van der Waals surface area contributed by atoms with Crippen LogP contribution in [0.5, 0.6) is 0 Å². The summed E-state index contributed by atoms with van der Waals surface area (Å²) in [4.78, 5) is 6.93. The summed E-state index contributed by atoms with van der Waals surface area (Å²) in [5, 5.41) is 0. The highest BCUT2D eigenvalue weighted by Crippen LogP contribution is 2.29. The molecule has 0 aromatic carbocycles. The number of rotatable bonds is 4. The highest BCUT2D eigenvalue weighted by molar-refractivity contribution is 8.00. The zero-order chi connectivity index (χ0) is 12.3. The lowest BCUT2D eigenvalue weighted by Gasteiger charge is -2.37. The summed E-state index contributed by atoms with van der Waals surface area (Å²) in [5.74, 6) is 1.22. The molecular formula is C12H22N4S. The van der Waals surface area contributed by atoms with Crippen LogP contribution in [0.1, 0.15) is 19.5 Å². The molecule has 0 bridgehead atoms. The van der Waals surface area contributed by atoms with Crippen LogP contribution in [0, 0.1) is 0 Å². The third kappa shape index (κ3) is 3.72. The molecule has 2 rings (SSSR count). The highest BCUT2D eigenvalue weighted by atomic mass is 32.2. The minimum absolute atomic E-state index is 0.373. The quantitative estimate of drug-likeness (QED) is 0.876. The topological polar surface area (TPSA) is 47.1 Å². The Labute approximate surface area is 108 Å². The maximum absolute atomic E-state index is 5.53. The van der Waals surface area contributed by atoms with E-state index in [1.807, 2.05) is 6.33 Å². The van der Waals surface area contributed by atoms with Gasteiger partial charge in [-0.3, -0.25) is 4.90 Å². The van der Waals surface area contributed by atoms with Crippen molar-refractivity contribution >= 4 is 11.8 Å². The van der Waals surface area contributed by atoms with Crippen LogP contribution < -0.4 is 5.73 Å². The molecule has 0 unspecified atom stereocenters. The highest BCUT2D eigenvalue weighted by Gasteiger charge is 2.27. The van der Waals surface area contributed by atoms with Crippen molar-refractivity contribution < 1.29 is 0 Å². The fourth-order valence-corrected chi connectivity index (χ4v) is 3.41. The number of aromatic nitrogens is 2. The van der Waals surface area contributed by atoms with Crippen LogP contribution in [0.2, 0.25) is 0 Å². The van der Waals surface area contributed by atoms with Gasteiger partial charge in [-0.25, -0.2) is 4.98 Å². The van der Waals surface area contributed by atoms with Crippen LogP contribution in [-0.2, 0) is 13.1 Å². The molecule has 4 nitrogen and oxygen atoms in total. The second kappa shape index (κ2) is 5.42. The van der Waals surface area contributed by atoms with Gasteiger partial charge < -0.3 is 10.3 Å². The lowest BCUT2D eigenvalue weighted by Crippen LogP contribution is -2.42. The van der Waals surface area contributed by atoms with E-state index < -0.39 is 0 Å². The first-order valence-electron chi connectivity index (χ1n) is 6.16. The number of hydrogen-bond donors (Lipinski definition) is 1. The molecule has 0 radical (unpaired) electrons. The van der Waals surface area contributed by atoms with Crippen LogP contribution in [0.3, 0.4) is 0 Å². The minimum atomic E-state index is 0.373. The molecule has 0 spiro atoms. The van der Waals surface area contributed by atoms with Gasteiger partial charge in [0, 0.05) is 49.4 Å². The Kier molecular flexibility index (Phi) is 4.12. The normalized spacial score (nSPS) is 20.6. The second-order valence-corrected chi connectivity index (χ2v) is 7.01. The molecule has 1 aliphatic rings. The first-order chi connectivity index (χ1) is 8.09. The predicted octanol–water partition coefficient (Wildman–Crippen LogP) is 1.17. The molecule has 1 saturated heterocycles. The Bertz CT molecular complexity index is 361. The van der Waals surface area contributed by atoms with Gasteiger partial charge in [0.05, 0.1) is 12.0 Å². The largest absolute Gasteiger partial charge is 0.336 e. The number of thioether (sulfide) groups is 1. The van der Waals surface area contributed by atoms with Gasteiger partial charge in [0.15, 0.2) is 0 Å². The predicted molar refractivity (Wildman–Crippen MR) is 73.1 cm³/mol. The molecule has 0 aliphatic carbocycles. The standard InChI is InChI=1S/C12H22N4S/c1-12(2)9-15(5-6-17-12)7-11-8-16(4-3-13)10-14-11/h8,10H,3-7,9,13H2,1-2H3. The Balaban J connectivity index is 1.91. The number of nitrogens with two attached hydrogens (primary N) is 1. The molecule has 0 saturated carbocycles. The van der Waals surface area contributed by atoms with E-state index in [2.05, 4.69) is 46.3 Å². The summed E-state index contributed by atoms with van der Waals surface area (Å²) < 4.78 is 2.44. The summed E-state index contributed by atoms with van der Waals surface area (Å²) >= 11 is 2.06. The molecule has 1 fully saturated rings. The van der Waals surface area contributed by atoms with E-state index in [-0.39, 0.29) is 0 Å². The molecule has 17 heavy (non-hydrogen) atoms. The summed E-state index contributed by atoms with van der Waals surface area (Å²) in [6, 6.07) is 0. The van der Waals surface area contributed by atoms with Gasteiger partial charge in [-0.05, 0) is 13.8 Å². The van der Waals surface area contributed by atoms with E-state index in [1.165, 1.54) is 5.75 Å². The van der Waals surface area contributed by atoms with Crippen molar-refractivity contribution in [2.45, 2.75) is 31.7 Å². The Hall–Kier alpha value is -0.520. The molecule has 1 aromatic rings. The van der Waals surface area contributed by atoms with Gasteiger partial charge in [-0.15, -0.1) is 0 Å². The fourth-order valence-electron chi connectivity index (χ4n) is 2.24. The molecule has 0 atom stereocenters. The van der Waals surface area contributed by atoms with Gasteiger partial charge >= 0.3 is 0 Å². The SMILES string of the molecule is CC1(C)CN(Cc2cn(CCN)cn2)CCS1. The van der Waals surface area contributed by atoms with Crippen LogP contribution in [-0.4, -0.2) is 44.6 Å². The van der Waals surface area contributed by atoms with Gasteiger partial charge in [0.25, 0.3) is 0 Å². The second-order valence-electron chi connectivity index (χ2n) is 5.21. The van der Waals surface area contributed by atoms with Crippen molar-refractivity contribution in [3.8, 4) is 0 Å². The van der Waals surface area contributed by atoms with E-state index in [1.54, 1.807) is 0 Å². The first-order valence-corrected chi connectivity index (χ1v) is 7.15. The van der Waals surface area contributed by atoms with Crippen LogP contribution >= 0.6 is 11.8 Å². The van der Waals surface area contributed by atoms with Crippen LogP contribution in [0.25, 0.3) is 0 Å². The summed E-state index contributed by atoms with van der Waals surface area (Å²) in [6.45, 7) is 9.42. The van der Waals surface area contributed by atoms with Gasteiger partial charge in [0.1, 0.15) is 0 Å². The average Bonchev–Trinajstić information content (AvgIpc) is 2.64. The van der Waals surface area contributed by atoms with Gasteiger partial charge in [0.2, 0.25) is 0 Å². The van der Waals surface area contributed by atoms with Crippen LogP contribution in [0.15, 0.2) is 12.5 Å². The minimum Gasteiger partial charge on any atom is -0.336 e. The van der Waals surface area contributed by atoms with E-state index in [0.717, 1.165) is 31.9 Å². The maximum atomic E-state index is 5.53. The summed E-state index contributed by atoms with van der Waals surface area (Å²) in [6.07, 6.45) is 3.99. The Morgan fingerprint density at radius 2 is 2.35 bits per heavy atom. The van der Waals surface area contributed by atoms with Gasteiger partial charge in [-0.1, -0.05) is 0 Å². The fraction of sp³-hybridized carbons (Fsp3) is 0.750. The zero-order valence-electron chi connectivity index (χ0n) is 10.7. The van der Waals surface area contributed by atoms with E-state index in [4.69, 9.17) is 5.73 Å². The van der Waals surface area contributed by atoms with Crippen LogP contribution in [0.4, 0.5) is 0 Å². The molecule has 1 aliphatic heterocycles. The van der Waals surface area contributed by atoms with Crippen molar-refractivity contribution in [3.63, 3.8) is 0 Å². The molecule has 5 heteroatoms. The first kappa shape index (κ1) is 12.9. The Morgan fingerprint density at radius 3 is 3.06 bits per heavy atom. The van der Waals surface area contributed by atoms with Crippen molar-refractivity contribution in [1.82, 2.24) is 14.5 Å². The third-order valence-electron chi connectivity index (χ3n) is 2.96. The van der Waals surface area contributed by atoms with Crippen molar-refractivity contribution in [1.29, 1.82) is 0 Å². The number of hydrogen-bond acceptors (Lipinski definition) is 4. The third-order valence-corrected chi connectivity index (χ3v) is 4.26. The zero-order valence-corrected chi connectivity index (χ0v) is 11.5. The maximum Gasteiger partial charge on any atom is 0.0950 e. The monoisotopic (exact) mass is 254 g/mol. The molecule has 1 aromatic heterocycles. The molecule has 2 heterocycles. The smallest absolute Gasteiger partial charge is 0.0950 e. The van der Waals surface area contributed by atoms with Crippen molar-refractivity contribution in [2.75, 3.05) is 25.4 Å². The molecular weight excluding hydrogens is 232 g/mol. The van der Waals surface area contributed by atoms with Crippen molar-refractivity contribution in [3.05, 3.63) is 18.2 Å². The lowest BCUT2D eigenvalue weighted by atomic mass is 10.2. The average molecular weight is 254 g/mol. The molecule has 96 valence electrons. The van der Waals surface area contributed by atoms with Gasteiger partial charge in [-0.2, -0.15) is 11.8 Å². The molecule has 2 N–H and O–H groups in total. The van der Waals surface area contributed by atoms with E-state index in [0.29, 0.717) is 11.3 Å².